The zero-order chi connectivity index (χ0) is 6.57. The van der Waals surface area contributed by atoms with Crippen molar-refractivity contribution < 1.29 is 9.90 Å². The first kappa shape index (κ1) is 7.03. The minimum atomic E-state index is -1.20. The molecule has 46 valence electrons. The summed E-state index contributed by atoms with van der Waals surface area (Å²) in [4.78, 5) is 19.1. The van der Waals surface area contributed by atoms with Crippen LogP contribution < -0.4 is 5.73 Å². The highest BCUT2D eigenvalue weighted by Gasteiger charge is 2.09. The first-order chi connectivity index (χ1) is 3.68. The lowest BCUT2D eigenvalue weighted by Crippen LogP contribution is -2.32. The molecule has 0 radical (unpaired) electrons. The second kappa shape index (κ2) is 3.09. The van der Waals surface area contributed by atoms with Gasteiger partial charge in [0.25, 0.3) is 0 Å². The van der Waals surface area contributed by atoms with Gasteiger partial charge in [0, 0.05) is 0 Å². The largest absolute Gasteiger partial charge is 0.480 e. The molecule has 0 aromatic carbocycles. The van der Waals surface area contributed by atoms with Gasteiger partial charge in [0.2, 0.25) is 0 Å². The monoisotopic (exact) mass is 118 g/mol. The molecule has 0 rings (SSSR count). The Hall–Kier alpha value is -0.970. The van der Waals surface area contributed by atoms with Gasteiger partial charge < -0.3 is 10.8 Å². The Kier molecular flexibility index (Phi) is 2.71. The molecule has 8 heavy (non-hydrogen) atoms. The van der Waals surface area contributed by atoms with Crippen LogP contribution in [0, 0.1) is 4.91 Å². The van der Waals surface area contributed by atoms with Gasteiger partial charge in [-0.3, -0.25) is 4.79 Å². The van der Waals surface area contributed by atoms with Crippen LogP contribution in [0.4, 0.5) is 0 Å². The fourth-order valence-electron chi connectivity index (χ4n) is 0.158. The number of nitrogens with two attached hydrogens (primary N) is 1. The molecular weight excluding hydrogens is 112 g/mol. The maximum absolute atomic E-state index is 9.77. The highest BCUT2D eigenvalue weighted by Crippen LogP contribution is 1.77. The van der Waals surface area contributed by atoms with Gasteiger partial charge in [0.1, 0.15) is 12.6 Å². The molecule has 1 atom stereocenters. The minimum Gasteiger partial charge on any atom is -0.480 e. The number of carboxylic acid groups (broad SMARTS) is 1. The summed E-state index contributed by atoms with van der Waals surface area (Å²) in [7, 11) is 0. The van der Waals surface area contributed by atoms with E-state index in [1.807, 2.05) is 0 Å². The number of rotatable bonds is 3. The van der Waals surface area contributed by atoms with Crippen LogP contribution in [0.3, 0.4) is 0 Å². The summed E-state index contributed by atoms with van der Waals surface area (Å²) < 4.78 is 0. The van der Waals surface area contributed by atoms with E-state index < -0.39 is 12.0 Å². The number of nitrogens with zero attached hydrogens (tertiary/aromatic N) is 1. The molecule has 5 heteroatoms. The van der Waals surface area contributed by atoms with E-state index >= 15 is 0 Å². The lowest BCUT2D eigenvalue weighted by molar-refractivity contribution is -0.138. The molecule has 0 saturated carbocycles. The Balaban J connectivity index is 3.46. The van der Waals surface area contributed by atoms with Crippen molar-refractivity contribution in [3.63, 3.8) is 0 Å². The second-order valence-corrected chi connectivity index (χ2v) is 1.26. The van der Waals surface area contributed by atoms with E-state index in [0.717, 1.165) is 0 Å². The molecule has 0 amide bonds. The average molecular weight is 118 g/mol. The predicted octanol–water partition coefficient (Wildman–Crippen LogP) is -0.835. The van der Waals surface area contributed by atoms with Crippen LogP contribution in [-0.2, 0) is 4.79 Å². The summed E-state index contributed by atoms with van der Waals surface area (Å²) in [5.41, 5.74) is 4.83. The van der Waals surface area contributed by atoms with Gasteiger partial charge in [0.05, 0.1) is 0 Å². The number of carbonyl (C=O) groups is 1. The zero-order valence-corrected chi connectivity index (χ0v) is 4.07. The molecule has 0 aliphatic heterocycles. The van der Waals surface area contributed by atoms with Crippen molar-refractivity contribution in [2.24, 2.45) is 10.9 Å². The normalized spacial score (nSPS) is 12.6. The van der Waals surface area contributed by atoms with E-state index in [9.17, 15) is 9.70 Å². The first-order valence-corrected chi connectivity index (χ1v) is 1.96. The van der Waals surface area contributed by atoms with Crippen LogP contribution in [0.2, 0.25) is 0 Å². The van der Waals surface area contributed by atoms with E-state index in [2.05, 4.69) is 5.18 Å². The number of hydrogen-bond acceptors (Lipinski definition) is 4. The molecule has 0 fully saturated rings. The quantitative estimate of drug-likeness (QED) is 0.473. The third-order valence-electron chi connectivity index (χ3n) is 0.588. The van der Waals surface area contributed by atoms with Crippen molar-refractivity contribution in [3.05, 3.63) is 4.91 Å². The molecule has 0 saturated heterocycles. The molecule has 0 aromatic heterocycles. The summed E-state index contributed by atoms with van der Waals surface area (Å²) in [6.07, 6.45) is 0. The van der Waals surface area contributed by atoms with Crippen molar-refractivity contribution in [3.8, 4) is 0 Å². The SMILES string of the molecule is NC(CN=O)C(=O)O. The Bertz CT molecular complexity index is 103. The molecule has 3 N–H and O–H groups in total. The van der Waals surface area contributed by atoms with Crippen molar-refractivity contribution in [1.82, 2.24) is 0 Å². The number of carboxylic acids is 1. The molecule has 5 nitrogen and oxygen atoms in total. The summed E-state index contributed by atoms with van der Waals surface area (Å²) in [5.74, 6) is -1.20. The molecular formula is C3H6N2O3. The highest BCUT2D eigenvalue weighted by molar-refractivity contribution is 5.73. The van der Waals surface area contributed by atoms with Gasteiger partial charge in [-0.1, -0.05) is 5.18 Å². The Labute approximate surface area is 45.5 Å². The summed E-state index contributed by atoms with van der Waals surface area (Å²) in [6, 6.07) is -1.15. The molecule has 1 unspecified atom stereocenters. The zero-order valence-electron chi connectivity index (χ0n) is 4.07. The predicted molar refractivity (Wildman–Crippen MR) is 26.3 cm³/mol. The number of nitroso groups, excluding NO2 is 1. The van der Waals surface area contributed by atoms with E-state index in [1.165, 1.54) is 0 Å². The van der Waals surface area contributed by atoms with E-state index in [0.29, 0.717) is 0 Å². The first-order valence-electron chi connectivity index (χ1n) is 1.96. The Morgan fingerprint density at radius 3 is 2.50 bits per heavy atom. The molecule has 0 bridgehead atoms. The van der Waals surface area contributed by atoms with E-state index in [4.69, 9.17) is 10.8 Å². The highest BCUT2D eigenvalue weighted by atomic mass is 16.4. The van der Waals surface area contributed by atoms with E-state index in [-0.39, 0.29) is 6.54 Å². The van der Waals surface area contributed by atoms with Gasteiger partial charge in [-0.05, 0) is 0 Å². The summed E-state index contributed by atoms with van der Waals surface area (Å²) in [5, 5.41) is 10.3. The van der Waals surface area contributed by atoms with Crippen LogP contribution in [0.15, 0.2) is 5.18 Å². The van der Waals surface area contributed by atoms with Gasteiger partial charge in [-0.2, -0.15) is 4.91 Å². The van der Waals surface area contributed by atoms with Crippen molar-refractivity contribution in [2.45, 2.75) is 6.04 Å². The van der Waals surface area contributed by atoms with Gasteiger partial charge in [-0.15, -0.1) is 0 Å². The molecule has 0 aliphatic carbocycles. The van der Waals surface area contributed by atoms with Crippen LogP contribution in [0.25, 0.3) is 0 Å². The van der Waals surface area contributed by atoms with Crippen LogP contribution >= 0.6 is 0 Å². The van der Waals surface area contributed by atoms with Gasteiger partial charge in [-0.25, -0.2) is 0 Å². The maximum Gasteiger partial charge on any atom is 0.322 e. The number of hydrogen-bond donors (Lipinski definition) is 2. The lowest BCUT2D eigenvalue weighted by Gasteiger charge is -1.95. The Morgan fingerprint density at radius 1 is 1.88 bits per heavy atom. The van der Waals surface area contributed by atoms with Crippen molar-refractivity contribution in [1.29, 1.82) is 0 Å². The minimum absolute atomic E-state index is 0.366. The van der Waals surface area contributed by atoms with Gasteiger partial charge in [0.15, 0.2) is 0 Å². The van der Waals surface area contributed by atoms with Crippen LogP contribution in [0.1, 0.15) is 0 Å². The standard InChI is InChI=1S/C3H6N2O3/c4-2(1-5-8)3(6)7/h2H,1,4H2,(H,6,7). The smallest absolute Gasteiger partial charge is 0.322 e. The third-order valence-corrected chi connectivity index (χ3v) is 0.588. The summed E-state index contributed by atoms with van der Waals surface area (Å²) in [6.45, 7) is -0.366. The van der Waals surface area contributed by atoms with Crippen LogP contribution in [-0.4, -0.2) is 23.7 Å². The molecule has 0 aliphatic rings. The van der Waals surface area contributed by atoms with Crippen LogP contribution in [0.5, 0.6) is 0 Å². The van der Waals surface area contributed by atoms with Crippen molar-refractivity contribution in [2.75, 3.05) is 6.54 Å². The number of aliphatic carboxylic acids is 1. The van der Waals surface area contributed by atoms with Gasteiger partial charge >= 0.3 is 5.97 Å². The average Bonchev–Trinajstić information content (AvgIpc) is 1.67. The Morgan fingerprint density at radius 2 is 2.38 bits per heavy atom. The fraction of sp³-hybridized carbons (Fsp3) is 0.667. The second-order valence-electron chi connectivity index (χ2n) is 1.26. The van der Waals surface area contributed by atoms with Crippen molar-refractivity contribution >= 4 is 5.97 Å². The molecule has 0 spiro atoms. The maximum atomic E-state index is 9.77. The lowest BCUT2D eigenvalue weighted by atomic mass is 10.3. The summed E-state index contributed by atoms with van der Waals surface area (Å²) >= 11 is 0. The third kappa shape index (κ3) is 2.25. The fourth-order valence-corrected chi connectivity index (χ4v) is 0.158. The van der Waals surface area contributed by atoms with E-state index in [1.54, 1.807) is 0 Å². The molecule has 0 heterocycles. The topological polar surface area (TPSA) is 92.8 Å². The molecule has 0 aromatic rings.